The quantitative estimate of drug-likeness (QED) is 0.878. The topological polar surface area (TPSA) is 30.5 Å². The van der Waals surface area contributed by atoms with E-state index < -0.39 is 0 Å². The molecule has 0 saturated heterocycles. The number of rotatable bonds is 5. The van der Waals surface area contributed by atoms with Crippen LogP contribution in [0.2, 0.25) is 0 Å². The van der Waals surface area contributed by atoms with Gasteiger partial charge in [0.15, 0.2) is 11.5 Å². The van der Waals surface area contributed by atoms with E-state index in [4.69, 9.17) is 9.47 Å². The van der Waals surface area contributed by atoms with Gasteiger partial charge in [-0.2, -0.15) is 0 Å². The van der Waals surface area contributed by atoms with E-state index in [1.54, 1.807) is 14.2 Å². The second kappa shape index (κ2) is 5.17. The molecular weight excluding hydrogens is 330 g/mol. The van der Waals surface area contributed by atoms with Crippen molar-refractivity contribution in [1.82, 2.24) is 5.32 Å². The highest BCUT2D eigenvalue weighted by atomic mass is 79.9. The van der Waals surface area contributed by atoms with Crippen LogP contribution in [0.3, 0.4) is 0 Å². The van der Waals surface area contributed by atoms with Crippen LogP contribution >= 0.6 is 15.9 Å². The minimum Gasteiger partial charge on any atom is -0.493 e. The van der Waals surface area contributed by atoms with E-state index in [1.165, 1.54) is 24.8 Å². The number of halogens is 1. The van der Waals surface area contributed by atoms with Crippen LogP contribution < -0.4 is 14.8 Å². The maximum absolute atomic E-state index is 5.40. The molecule has 0 amide bonds. The molecule has 4 unspecified atom stereocenters. The zero-order chi connectivity index (χ0) is 14.6. The number of fused-ring (bicyclic) bond motifs is 5. The van der Waals surface area contributed by atoms with Crippen molar-refractivity contribution in [3.8, 4) is 11.5 Å². The molecule has 2 bridgehead atoms. The van der Waals surface area contributed by atoms with Crippen LogP contribution in [-0.4, -0.2) is 20.3 Å². The third-order valence-electron chi connectivity index (χ3n) is 5.82. The minimum absolute atomic E-state index is 0.760. The first-order chi connectivity index (χ1) is 10.2. The average Bonchev–Trinajstić information content (AvgIpc) is 2.89. The van der Waals surface area contributed by atoms with Gasteiger partial charge in [0, 0.05) is 17.1 Å². The zero-order valence-corrected chi connectivity index (χ0v) is 14.2. The lowest BCUT2D eigenvalue weighted by atomic mass is 10.0. The van der Waals surface area contributed by atoms with E-state index in [0.29, 0.717) is 0 Å². The Hall–Kier alpha value is -0.740. The van der Waals surface area contributed by atoms with E-state index in [-0.39, 0.29) is 0 Å². The standard InChI is InChI=1S/C17H22BrNO2/c1-20-13-6-11(12(18)7-14(13)21-2)8-19-17-15-9-3-4-10(5-9)16(15)17/h6-7,9-10,15-17,19H,3-5,8H2,1-2H3. The van der Waals surface area contributed by atoms with E-state index >= 15 is 0 Å². The molecule has 0 heterocycles. The highest BCUT2D eigenvalue weighted by molar-refractivity contribution is 9.10. The zero-order valence-electron chi connectivity index (χ0n) is 12.6. The third-order valence-corrected chi connectivity index (χ3v) is 6.55. The Balaban J connectivity index is 1.44. The number of methoxy groups -OCH3 is 2. The molecule has 0 radical (unpaired) electrons. The van der Waals surface area contributed by atoms with Crippen molar-refractivity contribution < 1.29 is 9.47 Å². The van der Waals surface area contributed by atoms with E-state index in [1.807, 2.05) is 6.07 Å². The Kier molecular flexibility index (Phi) is 3.42. The van der Waals surface area contributed by atoms with Crippen molar-refractivity contribution in [3.63, 3.8) is 0 Å². The predicted molar refractivity (Wildman–Crippen MR) is 85.7 cm³/mol. The van der Waals surface area contributed by atoms with Crippen LogP contribution in [0.5, 0.6) is 11.5 Å². The van der Waals surface area contributed by atoms with E-state index in [0.717, 1.165) is 52.2 Å². The first-order valence-corrected chi connectivity index (χ1v) is 8.66. The van der Waals surface area contributed by atoms with Crippen LogP contribution in [0.1, 0.15) is 24.8 Å². The first kappa shape index (κ1) is 13.9. The summed E-state index contributed by atoms with van der Waals surface area (Å²) in [6.45, 7) is 0.901. The molecule has 4 heteroatoms. The summed E-state index contributed by atoms with van der Waals surface area (Å²) in [6.07, 6.45) is 4.46. The highest BCUT2D eigenvalue weighted by Crippen LogP contribution is 2.65. The smallest absolute Gasteiger partial charge is 0.161 e. The molecule has 4 rings (SSSR count). The summed E-state index contributed by atoms with van der Waals surface area (Å²) in [5.41, 5.74) is 1.24. The molecule has 4 atom stereocenters. The summed E-state index contributed by atoms with van der Waals surface area (Å²) < 4.78 is 11.8. The van der Waals surface area contributed by atoms with Gasteiger partial charge in [-0.25, -0.2) is 0 Å². The molecule has 0 aliphatic heterocycles. The number of benzene rings is 1. The average molecular weight is 352 g/mol. The van der Waals surface area contributed by atoms with Crippen molar-refractivity contribution in [2.75, 3.05) is 14.2 Å². The number of hydrogen-bond donors (Lipinski definition) is 1. The van der Waals surface area contributed by atoms with Crippen LogP contribution in [-0.2, 0) is 6.54 Å². The second-order valence-electron chi connectivity index (χ2n) is 6.69. The van der Waals surface area contributed by atoms with Crippen molar-refractivity contribution in [2.24, 2.45) is 23.7 Å². The number of nitrogens with one attached hydrogen (secondary N) is 1. The van der Waals surface area contributed by atoms with Gasteiger partial charge in [-0.1, -0.05) is 15.9 Å². The first-order valence-electron chi connectivity index (χ1n) is 7.86. The molecule has 0 aromatic heterocycles. The minimum atomic E-state index is 0.760. The number of ether oxygens (including phenoxy) is 2. The molecule has 1 aromatic rings. The van der Waals surface area contributed by atoms with Crippen LogP contribution in [0, 0.1) is 23.7 Å². The maximum Gasteiger partial charge on any atom is 0.161 e. The molecule has 114 valence electrons. The maximum atomic E-state index is 5.40. The molecule has 3 nitrogen and oxygen atoms in total. The molecule has 0 spiro atoms. The Morgan fingerprint density at radius 1 is 1.10 bits per heavy atom. The normalized spacial score (nSPS) is 35.7. The Labute approximate surface area is 134 Å². The SMILES string of the molecule is COc1cc(Br)c(CNC2C3C4CCC(C4)C23)cc1OC. The lowest BCUT2D eigenvalue weighted by Gasteiger charge is -2.14. The fourth-order valence-electron chi connectivity index (χ4n) is 4.86. The summed E-state index contributed by atoms with van der Waals surface area (Å²) in [6, 6.07) is 4.83. The Bertz CT molecular complexity index is 546. The van der Waals surface area contributed by atoms with Crippen LogP contribution in [0.4, 0.5) is 0 Å². The van der Waals surface area contributed by atoms with Gasteiger partial charge in [0.25, 0.3) is 0 Å². The lowest BCUT2D eigenvalue weighted by molar-refractivity contribution is 0.354. The molecule has 3 fully saturated rings. The van der Waals surface area contributed by atoms with Crippen molar-refractivity contribution in [2.45, 2.75) is 31.8 Å². The van der Waals surface area contributed by atoms with Gasteiger partial charge in [-0.05, 0) is 60.6 Å². The Morgan fingerprint density at radius 2 is 1.71 bits per heavy atom. The van der Waals surface area contributed by atoms with E-state index in [2.05, 4.69) is 27.3 Å². The molecule has 3 aliphatic carbocycles. The van der Waals surface area contributed by atoms with Gasteiger partial charge >= 0.3 is 0 Å². The summed E-state index contributed by atoms with van der Waals surface area (Å²) in [4.78, 5) is 0. The van der Waals surface area contributed by atoms with Gasteiger partial charge in [0.2, 0.25) is 0 Å². The van der Waals surface area contributed by atoms with Gasteiger partial charge < -0.3 is 14.8 Å². The van der Waals surface area contributed by atoms with Crippen molar-refractivity contribution in [1.29, 1.82) is 0 Å². The van der Waals surface area contributed by atoms with Gasteiger partial charge in [0.1, 0.15) is 0 Å². The second-order valence-corrected chi connectivity index (χ2v) is 7.55. The fourth-order valence-corrected chi connectivity index (χ4v) is 5.32. The monoisotopic (exact) mass is 351 g/mol. The van der Waals surface area contributed by atoms with Crippen LogP contribution in [0.15, 0.2) is 16.6 Å². The van der Waals surface area contributed by atoms with Gasteiger partial charge in [-0.3, -0.25) is 0 Å². The molecular formula is C17H22BrNO2. The summed E-state index contributed by atoms with van der Waals surface area (Å²) in [5, 5.41) is 3.78. The summed E-state index contributed by atoms with van der Waals surface area (Å²) >= 11 is 3.64. The largest absolute Gasteiger partial charge is 0.493 e. The highest BCUT2D eigenvalue weighted by Gasteiger charge is 2.64. The predicted octanol–water partition coefficient (Wildman–Crippen LogP) is 3.60. The summed E-state index contributed by atoms with van der Waals surface area (Å²) in [7, 11) is 3.36. The van der Waals surface area contributed by atoms with E-state index in [9.17, 15) is 0 Å². The molecule has 3 aliphatic rings. The number of hydrogen-bond acceptors (Lipinski definition) is 3. The van der Waals surface area contributed by atoms with Crippen molar-refractivity contribution >= 4 is 15.9 Å². The van der Waals surface area contributed by atoms with Crippen LogP contribution in [0.25, 0.3) is 0 Å². The summed E-state index contributed by atoms with van der Waals surface area (Å²) in [5.74, 6) is 5.56. The molecule has 3 saturated carbocycles. The Morgan fingerprint density at radius 3 is 2.33 bits per heavy atom. The lowest BCUT2D eigenvalue weighted by Crippen LogP contribution is -2.22. The third kappa shape index (κ3) is 2.18. The molecule has 1 N–H and O–H groups in total. The molecule has 21 heavy (non-hydrogen) atoms. The fraction of sp³-hybridized carbons (Fsp3) is 0.647. The van der Waals surface area contributed by atoms with Gasteiger partial charge in [0.05, 0.1) is 14.2 Å². The van der Waals surface area contributed by atoms with Gasteiger partial charge in [-0.15, -0.1) is 0 Å². The van der Waals surface area contributed by atoms with Crippen molar-refractivity contribution in [3.05, 3.63) is 22.2 Å². The molecule has 1 aromatic carbocycles.